The van der Waals surface area contributed by atoms with Crippen LogP contribution >= 0.6 is 42.0 Å². The average Bonchev–Trinajstić information content (AvgIpc) is 1.87. The normalized spacial score (nSPS) is 8.57. The summed E-state index contributed by atoms with van der Waals surface area (Å²) in [6.45, 7) is 4.11. The van der Waals surface area contributed by atoms with Gasteiger partial charge < -0.3 is 28.6 Å². The second-order valence-electron chi connectivity index (χ2n) is 1.34. The van der Waals surface area contributed by atoms with Gasteiger partial charge in [0.2, 0.25) is 0 Å². The molecule has 0 aromatic heterocycles. The SMILES string of the molecule is CCOP(O)O.CCOP(O)O.Cl.Cl. The molecule has 0 fully saturated rings. The van der Waals surface area contributed by atoms with Crippen LogP contribution in [0.3, 0.4) is 0 Å². The van der Waals surface area contributed by atoms with Crippen molar-refractivity contribution in [2.24, 2.45) is 0 Å². The molecule has 0 amide bonds. The Balaban J connectivity index is -0.0000000625. The van der Waals surface area contributed by atoms with Gasteiger partial charge in [-0.05, 0) is 13.8 Å². The van der Waals surface area contributed by atoms with Crippen LogP contribution in [0.15, 0.2) is 0 Å². The Morgan fingerprint density at radius 1 is 0.786 bits per heavy atom. The quantitative estimate of drug-likeness (QED) is 0.583. The molecule has 0 aliphatic heterocycles. The molecule has 0 saturated heterocycles. The fourth-order valence-electron chi connectivity index (χ4n) is 0.231. The van der Waals surface area contributed by atoms with Crippen molar-refractivity contribution in [3.05, 3.63) is 0 Å². The van der Waals surface area contributed by atoms with Crippen molar-refractivity contribution in [2.45, 2.75) is 13.8 Å². The zero-order valence-corrected chi connectivity index (χ0v) is 11.2. The average molecular weight is 293 g/mol. The lowest BCUT2D eigenvalue weighted by Crippen LogP contribution is -1.78. The van der Waals surface area contributed by atoms with Gasteiger partial charge in [0.05, 0.1) is 13.2 Å². The van der Waals surface area contributed by atoms with E-state index in [1.807, 2.05) is 0 Å². The second-order valence-corrected chi connectivity index (χ2v) is 2.87. The first kappa shape index (κ1) is 24.4. The van der Waals surface area contributed by atoms with Gasteiger partial charge in [-0.25, -0.2) is 0 Å². The summed E-state index contributed by atoms with van der Waals surface area (Å²) >= 11 is 0. The highest BCUT2D eigenvalue weighted by Gasteiger charge is 1.91. The van der Waals surface area contributed by atoms with Crippen molar-refractivity contribution in [2.75, 3.05) is 13.2 Å². The summed E-state index contributed by atoms with van der Waals surface area (Å²) in [5, 5.41) is 0. The Hall–Kier alpha value is 1.20. The fraction of sp³-hybridized carbons (Fsp3) is 1.00. The van der Waals surface area contributed by atoms with Gasteiger partial charge in [-0.1, -0.05) is 0 Å². The van der Waals surface area contributed by atoms with Crippen LogP contribution in [-0.4, -0.2) is 32.8 Å². The minimum atomic E-state index is -2.10. The van der Waals surface area contributed by atoms with E-state index in [1.165, 1.54) is 0 Å². The van der Waals surface area contributed by atoms with Crippen molar-refractivity contribution in [3.63, 3.8) is 0 Å². The maximum atomic E-state index is 7.95. The second kappa shape index (κ2) is 19.7. The van der Waals surface area contributed by atoms with Gasteiger partial charge in [0.1, 0.15) is 0 Å². The zero-order chi connectivity index (χ0) is 9.98. The standard InChI is InChI=1S/2C2H7O3P.2ClH/c2*1-2-5-6(3)4;;/h2*3-4H,2H2,1H3;2*1H. The van der Waals surface area contributed by atoms with Gasteiger partial charge in [-0.15, -0.1) is 24.8 Å². The summed E-state index contributed by atoms with van der Waals surface area (Å²) < 4.78 is 8.44. The number of hydrogen-bond donors (Lipinski definition) is 4. The first-order valence-electron chi connectivity index (χ1n) is 3.16. The monoisotopic (exact) mass is 292 g/mol. The predicted octanol–water partition coefficient (Wildman–Crippen LogP) is 1.31. The lowest BCUT2D eigenvalue weighted by atomic mass is 10.9. The lowest BCUT2D eigenvalue weighted by Gasteiger charge is -1.95. The Morgan fingerprint density at radius 3 is 1.00 bits per heavy atom. The molecule has 0 unspecified atom stereocenters. The summed E-state index contributed by atoms with van der Waals surface area (Å²) in [6, 6.07) is 0. The van der Waals surface area contributed by atoms with E-state index in [2.05, 4.69) is 9.05 Å². The molecule has 6 nitrogen and oxygen atoms in total. The first-order chi connectivity index (χ1) is 5.54. The van der Waals surface area contributed by atoms with Crippen LogP contribution in [0.5, 0.6) is 0 Å². The van der Waals surface area contributed by atoms with Gasteiger partial charge in [-0.2, -0.15) is 0 Å². The summed E-state index contributed by atoms with van der Waals surface area (Å²) in [4.78, 5) is 31.8. The number of halogens is 2. The Morgan fingerprint density at radius 2 is 1.00 bits per heavy atom. The van der Waals surface area contributed by atoms with E-state index >= 15 is 0 Å². The topological polar surface area (TPSA) is 99.4 Å². The van der Waals surface area contributed by atoms with E-state index in [0.717, 1.165) is 0 Å². The van der Waals surface area contributed by atoms with Crippen LogP contribution in [0.2, 0.25) is 0 Å². The molecular formula is C4H16Cl2O6P2. The number of rotatable bonds is 4. The van der Waals surface area contributed by atoms with Crippen molar-refractivity contribution < 1.29 is 28.6 Å². The van der Waals surface area contributed by atoms with Gasteiger partial charge in [-0.3, -0.25) is 0 Å². The van der Waals surface area contributed by atoms with E-state index < -0.39 is 17.2 Å². The van der Waals surface area contributed by atoms with Crippen LogP contribution in [0.4, 0.5) is 0 Å². The van der Waals surface area contributed by atoms with Crippen LogP contribution in [0.25, 0.3) is 0 Å². The van der Waals surface area contributed by atoms with Crippen LogP contribution in [0.1, 0.15) is 13.8 Å². The van der Waals surface area contributed by atoms with Gasteiger partial charge >= 0.3 is 17.2 Å². The summed E-state index contributed by atoms with van der Waals surface area (Å²) in [5.41, 5.74) is 0. The molecule has 92 valence electrons. The molecule has 0 atom stereocenters. The van der Waals surface area contributed by atoms with Gasteiger partial charge in [0.15, 0.2) is 0 Å². The van der Waals surface area contributed by atoms with Crippen LogP contribution in [-0.2, 0) is 9.05 Å². The highest BCUT2D eigenvalue weighted by Crippen LogP contribution is 2.23. The Kier molecular flexibility index (Phi) is 34.4. The Bertz CT molecular complexity index is 78.2. The minimum absolute atomic E-state index is 0. The lowest BCUT2D eigenvalue weighted by molar-refractivity contribution is 0.268. The van der Waals surface area contributed by atoms with Crippen molar-refractivity contribution in [1.82, 2.24) is 0 Å². The third-order valence-electron chi connectivity index (χ3n) is 0.489. The van der Waals surface area contributed by atoms with E-state index in [-0.39, 0.29) is 24.8 Å². The summed E-state index contributed by atoms with van der Waals surface area (Å²) in [7, 11) is -4.20. The maximum absolute atomic E-state index is 7.95. The van der Waals surface area contributed by atoms with E-state index in [4.69, 9.17) is 19.6 Å². The van der Waals surface area contributed by atoms with Crippen LogP contribution in [0, 0.1) is 0 Å². The summed E-state index contributed by atoms with van der Waals surface area (Å²) in [6.07, 6.45) is 0. The van der Waals surface area contributed by atoms with Crippen molar-refractivity contribution in [3.8, 4) is 0 Å². The molecule has 0 radical (unpaired) electrons. The summed E-state index contributed by atoms with van der Waals surface area (Å²) in [5.74, 6) is 0. The van der Waals surface area contributed by atoms with E-state index in [9.17, 15) is 0 Å². The molecule has 0 aliphatic carbocycles. The van der Waals surface area contributed by atoms with Gasteiger partial charge in [0.25, 0.3) is 0 Å². The zero-order valence-electron chi connectivity index (χ0n) is 7.73. The first-order valence-corrected chi connectivity index (χ1v) is 5.49. The predicted molar refractivity (Wildman–Crippen MR) is 60.5 cm³/mol. The molecule has 10 heteroatoms. The molecule has 0 aliphatic rings. The molecule has 0 spiro atoms. The molecule has 0 rings (SSSR count). The molecule has 0 heterocycles. The molecule has 0 aromatic carbocycles. The smallest absolute Gasteiger partial charge is 0.327 e. The molecule has 0 aromatic rings. The molecule has 4 N–H and O–H groups in total. The third-order valence-corrected chi connectivity index (χ3v) is 1.47. The van der Waals surface area contributed by atoms with Crippen molar-refractivity contribution >= 4 is 42.0 Å². The number of hydrogen-bond acceptors (Lipinski definition) is 6. The van der Waals surface area contributed by atoms with Crippen LogP contribution < -0.4 is 0 Å². The molecule has 0 saturated carbocycles. The van der Waals surface area contributed by atoms with E-state index in [0.29, 0.717) is 13.2 Å². The Labute approximate surface area is 98.1 Å². The highest BCUT2D eigenvalue weighted by molar-refractivity contribution is 7.39. The maximum Gasteiger partial charge on any atom is 0.327 e. The van der Waals surface area contributed by atoms with Gasteiger partial charge in [0, 0.05) is 0 Å². The molecular weight excluding hydrogens is 277 g/mol. The largest absolute Gasteiger partial charge is 0.328 e. The van der Waals surface area contributed by atoms with E-state index in [1.54, 1.807) is 13.8 Å². The highest BCUT2D eigenvalue weighted by atomic mass is 35.5. The fourth-order valence-corrected chi connectivity index (χ4v) is 0.693. The third kappa shape index (κ3) is 37.9. The minimum Gasteiger partial charge on any atom is -0.328 e. The van der Waals surface area contributed by atoms with Crippen molar-refractivity contribution in [1.29, 1.82) is 0 Å². The molecule has 14 heavy (non-hydrogen) atoms. The molecule has 0 bridgehead atoms.